The first-order chi connectivity index (χ1) is 9.65. The lowest BCUT2D eigenvalue weighted by atomic mass is 10.1. The second-order valence-corrected chi connectivity index (χ2v) is 4.93. The quantitative estimate of drug-likeness (QED) is 0.858. The first kappa shape index (κ1) is 14.4. The topological polar surface area (TPSA) is 35.8 Å². The molecule has 20 heavy (non-hydrogen) atoms. The zero-order valence-electron chi connectivity index (χ0n) is 10.8. The molecule has 0 radical (unpaired) electrons. The van der Waals surface area contributed by atoms with E-state index in [4.69, 9.17) is 0 Å². The van der Waals surface area contributed by atoms with Crippen molar-refractivity contribution in [3.8, 4) is 6.07 Å². The number of anilines is 1. The molecule has 0 aliphatic carbocycles. The second kappa shape index (κ2) is 6.40. The molecular formula is C15H12F2N2S. The fourth-order valence-corrected chi connectivity index (χ4v) is 2.41. The van der Waals surface area contributed by atoms with Crippen LogP contribution in [0.25, 0.3) is 0 Å². The van der Waals surface area contributed by atoms with E-state index in [1.54, 1.807) is 6.07 Å². The lowest BCUT2D eigenvalue weighted by Crippen LogP contribution is -2.04. The second-order valence-electron chi connectivity index (χ2n) is 4.08. The summed E-state index contributed by atoms with van der Waals surface area (Å²) in [4.78, 5) is 0.845. The third-order valence-electron chi connectivity index (χ3n) is 2.83. The largest absolute Gasteiger partial charge is 0.380 e. The smallest absolute Gasteiger partial charge is 0.128 e. The number of nitrogens with one attached hydrogen (secondary N) is 1. The lowest BCUT2D eigenvalue weighted by molar-refractivity contribution is 0.587. The number of nitrogens with zero attached hydrogens (tertiary/aromatic N) is 1. The van der Waals surface area contributed by atoms with Gasteiger partial charge in [0.1, 0.15) is 17.7 Å². The molecule has 0 unspecified atom stereocenters. The van der Waals surface area contributed by atoms with Crippen LogP contribution in [0.4, 0.5) is 14.5 Å². The summed E-state index contributed by atoms with van der Waals surface area (Å²) in [5, 5.41) is 12.2. The van der Waals surface area contributed by atoms with Crippen LogP contribution in [-0.4, -0.2) is 6.26 Å². The van der Waals surface area contributed by atoms with E-state index in [1.165, 1.54) is 11.8 Å². The average molecular weight is 290 g/mol. The molecule has 0 aliphatic heterocycles. The van der Waals surface area contributed by atoms with Gasteiger partial charge in [-0.3, -0.25) is 0 Å². The van der Waals surface area contributed by atoms with Gasteiger partial charge in [-0.1, -0.05) is 6.07 Å². The van der Waals surface area contributed by atoms with Crippen LogP contribution >= 0.6 is 11.8 Å². The number of benzene rings is 2. The minimum absolute atomic E-state index is 0.121. The first-order valence-electron chi connectivity index (χ1n) is 5.90. The summed E-state index contributed by atoms with van der Waals surface area (Å²) in [6.45, 7) is 0.121. The third kappa shape index (κ3) is 3.09. The standard InChI is InChI=1S/C15H12F2N2S/c1-20-15-4-2-3-14(12(15)8-18)19-9-10-7-11(16)5-6-13(10)17/h2-7,19H,9H2,1H3. The van der Waals surface area contributed by atoms with Gasteiger partial charge in [0, 0.05) is 17.0 Å². The maximum Gasteiger partial charge on any atom is 0.128 e. The first-order valence-corrected chi connectivity index (χ1v) is 7.13. The van der Waals surface area contributed by atoms with Crippen LogP contribution in [0.5, 0.6) is 0 Å². The van der Waals surface area contributed by atoms with Crippen LogP contribution in [-0.2, 0) is 6.54 Å². The molecule has 2 aromatic rings. The third-order valence-corrected chi connectivity index (χ3v) is 3.62. The Labute approximate surface area is 120 Å². The van der Waals surface area contributed by atoms with Crippen molar-refractivity contribution in [3.63, 3.8) is 0 Å². The molecule has 0 saturated heterocycles. The average Bonchev–Trinajstić information content (AvgIpc) is 2.47. The molecule has 0 heterocycles. The highest BCUT2D eigenvalue weighted by Crippen LogP contribution is 2.26. The molecule has 102 valence electrons. The Balaban J connectivity index is 2.23. The van der Waals surface area contributed by atoms with Crippen LogP contribution in [0.3, 0.4) is 0 Å². The summed E-state index contributed by atoms with van der Waals surface area (Å²) in [7, 11) is 0. The molecular weight excluding hydrogens is 278 g/mol. The van der Waals surface area contributed by atoms with Crippen molar-refractivity contribution < 1.29 is 8.78 Å². The Kier molecular flexibility index (Phi) is 4.59. The summed E-state index contributed by atoms with van der Waals surface area (Å²) < 4.78 is 26.6. The van der Waals surface area contributed by atoms with Crippen LogP contribution in [0.2, 0.25) is 0 Å². The van der Waals surface area contributed by atoms with E-state index in [9.17, 15) is 14.0 Å². The molecule has 5 heteroatoms. The number of hydrogen-bond acceptors (Lipinski definition) is 3. The molecule has 0 atom stereocenters. The van der Waals surface area contributed by atoms with E-state index in [2.05, 4.69) is 11.4 Å². The normalized spacial score (nSPS) is 10.1. The molecule has 0 aliphatic rings. The van der Waals surface area contributed by atoms with E-state index < -0.39 is 11.6 Å². The summed E-state index contributed by atoms with van der Waals surface area (Å²) in [6.07, 6.45) is 1.88. The van der Waals surface area contributed by atoms with Crippen LogP contribution < -0.4 is 5.32 Å². The molecule has 0 fully saturated rings. The Morgan fingerprint density at radius 3 is 2.75 bits per heavy atom. The van der Waals surface area contributed by atoms with Gasteiger partial charge in [0.15, 0.2) is 0 Å². The van der Waals surface area contributed by atoms with E-state index in [0.717, 1.165) is 23.1 Å². The van der Waals surface area contributed by atoms with E-state index in [1.807, 2.05) is 18.4 Å². The highest BCUT2D eigenvalue weighted by atomic mass is 32.2. The van der Waals surface area contributed by atoms with Crippen molar-refractivity contribution in [1.29, 1.82) is 5.26 Å². The summed E-state index contributed by atoms with van der Waals surface area (Å²) >= 11 is 1.46. The van der Waals surface area contributed by atoms with Gasteiger partial charge in [-0.2, -0.15) is 5.26 Å². The molecule has 0 saturated carbocycles. The highest BCUT2D eigenvalue weighted by molar-refractivity contribution is 7.98. The minimum atomic E-state index is -0.485. The molecule has 1 N–H and O–H groups in total. The molecule has 2 aromatic carbocycles. The van der Waals surface area contributed by atoms with Crippen molar-refractivity contribution in [2.75, 3.05) is 11.6 Å². The molecule has 0 bridgehead atoms. The van der Waals surface area contributed by atoms with E-state index in [0.29, 0.717) is 11.3 Å². The van der Waals surface area contributed by atoms with Gasteiger partial charge in [-0.15, -0.1) is 11.8 Å². The predicted molar refractivity (Wildman–Crippen MR) is 76.6 cm³/mol. The van der Waals surface area contributed by atoms with Crippen molar-refractivity contribution >= 4 is 17.4 Å². The lowest BCUT2D eigenvalue weighted by Gasteiger charge is -2.11. The van der Waals surface area contributed by atoms with Gasteiger partial charge in [-0.25, -0.2) is 8.78 Å². The number of rotatable bonds is 4. The van der Waals surface area contributed by atoms with Crippen LogP contribution in [0.1, 0.15) is 11.1 Å². The van der Waals surface area contributed by atoms with Gasteiger partial charge in [0.05, 0.1) is 11.3 Å². The maximum atomic E-state index is 13.5. The van der Waals surface area contributed by atoms with Crippen LogP contribution in [0, 0.1) is 23.0 Å². The van der Waals surface area contributed by atoms with Gasteiger partial charge >= 0.3 is 0 Å². The SMILES string of the molecule is CSc1cccc(NCc2cc(F)ccc2F)c1C#N. The van der Waals surface area contributed by atoms with Gasteiger partial charge in [0.2, 0.25) is 0 Å². The van der Waals surface area contributed by atoms with Crippen molar-refractivity contribution in [1.82, 2.24) is 0 Å². The monoisotopic (exact) mass is 290 g/mol. The Morgan fingerprint density at radius 2 is 2.05 bits per heavy atom. The highest BCUT2D eigenvalue weighted by Gasteiger charge is 2.08. The Bertz CT molecular complexity index is 665. The van der Waals surface area contributed by atoms with E-state index >= 15 is 0 Å². The number of hydrogen-bond donors (Lipinski definition) is 1. The molecule has 0 amide bonds. The van der Waals surface area contributed by atoms with E-state index in [-0.39, 0.29) is 12.1 Å². The fraction of sp³-hybridized carbons (Fsp3) is 0.133. The van der Waals surface area contributed by atoms with Gasteiger partial charge < -0.3 is 5.32 Å². The molecule has 2 rings (SSSR count). The molecule has 2 nitrogen and oxygen atoms in total. The summed E-state index contributed by atoms with van der Waals surface area (Å²) in [6, 6.07) is 10.8. The summed E-state index contributed by atoms with van der Waals surface area (Å²) in [5.74, 6) is -0.958. The maximum absolute atomic E-state index is 13.5. The summed E-state index contributed by atoms with van der Waals surface area (Å²) in [5.41, 5.74) is 1.35. The van der Waals surface area contributed by atoms with Gasteiger partial charge in [0.25, 0.3) is 0 Å². The van der Waals surface area contributed by atoms with Crippen molar-refractivity contribution in [2.45, 2.75) is 11.4 Å². The number of thioether (sulfide) groups is 1. The number of nitriles is 1. The zero-order valence-corrected chi connectivity index (χ0v) is 11.6. The van der Waals surface area contributed by atoms with Crippen LogP contribution in [0.15, 0.2) is 41.3 Å². The Hall–Kier alpha value is -2.06. The molecule has 0 aromatic heterocycles. The number of halogens is 2. The molecule has 0 spiro atoms. The van der Waals surface area contributed by atoms with Crippen molar-refractivity contribution in [3.05, 3.63) is 59.2 Å². The zero-order chi connectivity index (χ0) is 14.5. The van der Waals surface area contributed by atoms with Crippen molar-refractivity contribution in [2.24, 2.45) is 0 Å². The minimum Gasteiger partial charge on any atom is -0.380 e. The fourth-order valence-electron chi connectivity index (χ4n) is 1.83. The van der Waals surface area contributed by atoms with Gasteiger partial charge in [-0.05, 0) is 36.6 Å². The predicted octanol–water partition coefficient (Wildman–Crippen LogP) is 4.17. The Morgan fingerprint density at radius 1 is 1.25 bits per heavy atom.